The lowest BCUT2D eigenvalue weighted by atomic mass is 10.3. The van der Waals surface area contributed by atoms with Crippen LogP contribution in [0.3, 0.4) is 0 Å². The van der Waals surface area contributed by atoms with Crippen molar-refractivity contribution in [1.29, 1.82) is 0 Å². The lowest BCUT2D eigenvalue weighted by Crippen LogP contribution is -2.03. The summed E-state index contributed by atoms with van der Waals surface area (Å²) in [5.74, 6) is 0. The molecule has 0 saturated heterocycles. The molecule has 0 spiro atoms. The molecule has 0 aliphatic carbocycles. The first-order valence-electron chi connectivity index (χ1n) is 6.18. The van der Waals surface area contributed by atoms with Gasteiger partial charge in [0.25, 0.3) is 0 Å². The molecule has 0 atom stereocenters. The topological polar surface area (TPSA) is 50.7 Å². The smallest absolute Gasteiger partial charge is 0.0890 e. The first-order valence-corrected chi connectivity index (χ1v) is 6.18. The molecule has 3 aromatic rings. The first kappa shape index (κ1) is 11.6. The molecule has 0 saturated carbocycles. The summed E-state index contributed by atoms with van der Waals surface area (Å²) < 4.78 is 0. The lowest BCUT2D eigenvalue weighted by Gasteiger charge is -2.06. The Hall–Kier alpha value is -2.49. The van der Waals surface area contributed by atoms with E-state index >= 15 is 0 Å². The average Bonchev–Trinajstić information content (AvgIpc) is 2.46. The molecule has 3 rings (SSSR count). The zero-order chi connectivity index (χ0) is 13.1. The van der Waals surface area contributed by atoms with Crippen molar-refractivity contribution in [3.8, 4) is 0 Å². The van der Waals surface area contributed by atoms with Crippen molar-refractivity contribution >= 4 is 16.7 Å². The molecular formula is C15H14N4. The summed E-state index contributed by atoms with van der Waals surface area (Å²) in [5, 5.41) is 3.29. The number of nitrogens with one attached hydrogen (secondary N) is 1. The maximum atomic E-state index is 4.56. The third-order valence-electron chi connectivity index (χ3n) is 2.88. The summed E-state index contributed by atoms with van der Waals surface area (Å²) in [6.45, 7) is 2.61. The molecule has 0 aliphatic rings. The summed E-state index contributed by atoms with van der Waals surface area (Å²) in [7, 11) is 0. The summed E-state index contributed by atoms with van der Waals surface area (Å²) >= 11 is 0. The van der Waals surface area contributed by atoms with E-state index < -0.39 is 0 Å². The number of hydrogen-bond acceptors (Lipinski definition) is 4. The van der Waals surface area contributed by atoms with Crippen LogP contribution in [0, 0.1) is 6.92 Å². The maximum absolute atomic E-state index is 4.56. The van der Waals surface area contributed by atoms with Crippen LogP contribution in [0.15, 0.2) is 48.8 Å². The van der Waals surface area contributed by atoms with Gasteiger partial charge in [0.05, 0.1) is 41.4 Å². The Labute approximate surface area is 111 Å². The zero-order valence-corrected chi connectivity index (χ0v) is 10.7. The number of anilines is 1. The molecule has 4 heteroatoms. The fourth-order valence-corrected chi connectivity index (χ4v) is 1.85. The highest BCUT2D eigenvalue weighted by molar-refractivity contribution is 5.73. The van der Waals surface area contributed by atoms with Gasteiger partial charge in [0.2, 0.25) is 0 Å². The quantitative estimate of drug-likeness (QED) is 0.776. The van der Waals surface area contributed by atoms with Crippen LogP contribution in [0.4, 0.5) is 5.69 Å². The number of fused-ring (bicyclic) bond motifs is 1. The van der Waals surface area contributed by atoms with Gasteiger partial charge in [-0.1, -0.05) is 12.1 Å². The van der Waals surface area contributed by atoms with Gasteiger partial charge in [0, 0.05) is 5.69 Å². The molecule has 0 amide bonds. The largest absolute Gasteiger partial charge is 0.378 e. The van der Waals surface area contributed by atoms with Crippen LogP contribution in [0.25, 0.3) is 11.0 Å². The predicted molar refractivity (Wildman–Crippen MR) is 75.8 cm³/mol. The second-order valence-corrected chi connectivity index (χ2v) is 4.39. The Kier molecular flexibility index (Phi) is 3.06. The molecule has 0 unspecified atom stereocenters. The molecule has 94 valence electrons. The van der Waals surface area contributed by atoms with Crippen molar-refractivity contribution in [3.05, 3.63) is 60.2 Å². The second-order valence-electron chi connectivity index (χ2n) is 4.39. The third kappa shape index (κ3) is 2.68. The molecule has 19 heavy (non-hydrogen) atoms. The number of para-hydroxylation sites is 2. The Balaban J connectivity index is 1.76. The normalized spacial score (nSPS) is 10.6. The minimum Gasteiger partial charge on any atom is -0.378 e. The van der Waals surface area contributed by atoms with Crippen molar-refractivity contribution < 1.29 is 0 Å². The Morgan fingerprint density at radius 2 is 1.79 bits per heavy atom. The lowest BCUT2D eigenvalue weighted by molar-refractivity contribution is 1.03. The van der Waals surface area contributed by atoms with Crippen LogP contribution in [-0.4, -0.2) is 15.0 Å². The third-order valence-corrected chi connectivity index (χ3v) is 2.88. The first-order chi connectivity index (χ1) is 9.31. The van der Waals surface area contributed by atoms with Gasteiger partial charge < -0.3 is 5.32 Å². The molecule has 0 bridgehead atoms. The Morgan fingerprint density at radius 1 is 0.947 bits per heavy atom. The number of hydrogen-bond donors (Lipinski definition) is 1. The van der Waals surface area contributed by atoms with E-state index in [4.69, 9.17) is 0 Å². The number of aryl methyl sites for hydroxylation is 1. The van der Waals surface area contributed by atoms with E-state index in [2.05, 4.69) is 20.3 Å². The molecule has 2 aromatic heterocycles. The van der Waals surface area contributed by atoms with E-state index in [0.29, 0.717) is 6.54 Å². The van der Waals surface area contributed by atoms with E-state index in [9.17, 15) is 0 Å². The molecular weight excluding hydrogens is 236 g/mol. The number of aromatic nitrogens is 3. The molecule has 1 N–H and O–H groups in total. The van der Waals surface area contributed by atoms with Gasteiger partial charge in [0.1, 0.15) is 0 Å². The molecule has 0 fully saturated rings. The Bertz CT molecular complexity index is 692. The van der Waals surface area contributed by atoms with Crippen molar-refractivity contribution in [2.45, 2.75) is 13.5 Å². The standard InChI is InChI=1S/C15H14N4/c1-11-6-7-12(8-16-11)17-9-13-10-18-14-4-2-3-5-15(14)19-13/h2-8,10,17H,9H2,1H3. The summed E-state index contributed by atoms with van der Waals surface area (Å²) in [6.07, 6.45) is 3.63. The Morgan fingerprint density at radius 3 is 2.58 bits per heavy atom. The molecule has 1 aromatic carbocycles. The van der Waals surface area contributed by atoms with Gasteiger partial charge in [-0.2, -0.15) is 0 Å². The van der Waals surface area contributed by atoms with Crippen LogP contribution in [0.2, 0.25) is 0 Å². The summed E-state index contributed by atoms with van der Waals surface area (Å²) in [5.41, 5.74) is 4.75. The highest BCUT2D eigenvalue weighted by Crippen LogP contribution is 2.10. The fraction of sp³-hybridized carbons (Fsp3) is 0.133. The van der Waals surface area contributed by atoms with Crippen molar-refractivity contribution in [2.75, 3.05) is 5.32 Å². The van der Waals surface area contributed by atoms with Gasteiger partial charge in [-0.15, -0.1) is 0 Å². The molecule has 4 nitrogen and oxygen atoms in total. The molecule has 2 heterocycles. The van der Waals surface area contributed by atoms with E-state index in [1.165, 1.54) is 0 Å². The maximum Gasteiger partial charge on any atom is 0.0890 e. The number of nitrogens with zero attached hydrogens (tertiary/aromatic N) is 3. The highest BCUT2D eigenvalue weighted by Gasteiger charge is 1.99. The summed E-state index contributed by atoms with van der Waals surface area (Å²) in [4.78, 5) is 13.2. The number of benzene rings is 1. The second kappa shape index (κ2) is 5.02. The number of rotatable bonds is 3. The number of pyridine rings is 1. The zero-order valence-electron chi connectivity index (χ0n) is 10.7. The van der Waals surface area contributed by atoms with E-state index in [1.54, 1.807) is 6.20 Å². The van der Waals surface area contributed by atoms with Gasteiger partial charge in [-0.3, -0.25) is 9.97 Å². The predicted octanol–water partition coefficient (Wildman–Crippen LogP) is 2.95. The summed E-state index contributed by atoms with van der Waals surface area (Å²) in [6, 6.07) is 11.9. The fourth-order valence-electron chi connectivity index (χ4n) is 1.85. The minimum absolute atomic E-state index is 0.641. The van der Waals surface area contributed by atoms with Crippen LogP contribution in [-0.2, 0) is 6.54 Å². The van der Waals surface area contributed by atoms with Crippen LogP contribution in [0.1, 0.15) is 11.4 Å². The van der Waals surface area contributed by atoms with Gasteiger partial charge in [-0.05, 0) is 31.2 Å². The van der Waals surface area contributed by atoms with Crippen molar-refractivity contribution in [1.82, 2.24) is 15.0 Å². The van der Waals surface area contributed by atoms with E-state index in [1.807, 2.05) is 49.5 Å². The van der Waals surface area contributed by atoms with Crippen molar-refractivity contribution in [2.24, 2.45) is 0 Å². The monoisotopic (exact) mass is 250 g/mol. The molecule has 0 aliphatic heterocycles. The average molecular weight is 250 g/mol. The SMILES string of the molecule is Cc1ccc(NCc2cnc3ccccc3n2)cn1. The van der Waals surface area contributed by atoms with Crippen LogP contribution < -0.4 is 5.32 Å². The van der Waals surface area contributed by atoms with E-state index in [-0.39, 0.29) is 0 Å². The minimum atomic E-state index is 0.641. The van der Waals surface area contributed by atoms with Gasteiger partial charge in [0.15, 0.2) is 0 Å². The van der Waals surface area contributed by atoms with Gasteiger partial charge in [-0.25, -0.2) is 4.98 Å². The van der Waals surface area contributed by atoms with Gasteiger partial charge >= 0.3 is 0 Å². The van der Waals surface area contributed by atoms with Crippen LogP contribution >= 0.6 is 0 Å². The highest BCUT2D eigenvalue weighted by atomic mass is 14.9. The van der Waals surface area contributed by atoms with Crippen LogP contribution in [0.5, 0.6) is 0 Å². The van der Waals surface area contributed by atoms with Crippen molar-refractivity contribution in [3.63, 3.8) is 0 Å². The molecule has 0 radical (unpaired) electrons. The van der Waals surface area contributed by atoms with E-state index in [0.717, 1.165) is 28.1 Å².